The van der Waals surface area contributed by atoms with E-state index in [1.807, 2.05) is 30.3 Å². The Morgan fingerprint density at radius 3 is 2.66 bits per heavy atom. The Balaban J connectivity index is 1.39. The molecule has 0 bridgehead atoms. The van der Waals surface area contributed by atoms with Crippen molar-refractivity contribution in [3.8, 4) is 5.75 Å². The van der Waals surface area contributed by atoms with E-state index >= 15 is 0 Å². The smallest absolute Gasteiger partial charge is 0.131 e. The van der Waals surface area contributed by atoms with Crippen LogP contribution in [-0.4, -0.2) is 24.1 Å². The molecule has 29 heavy (non-hydrogen) atoms. The van der Waals surface area contributed by atoms with Gasteiger partial charge in [-0.25, -0.2) is 4.39 Å². The van der Waals surface area contributed by atoms with Gasteiger partial charge in [0.1, 0.15) is 11.6 Å². The van der Waals surface area contributed by atoms with Crippen molar-refractivity contribution in [1.29, 1.82) is 0 Å². The summed E-state index contributed by atoms with van der Waals surface area (Å²) in [5, 5.41) is 0. The standard InChI is InChI=1S/C24H26FNO2S/c1-18-7-10-24(20-5-3-2-4-6-20)29-26(18)16-21-8-9-22(15-23(21)25)28-17-19-11-13-27-14-12-19/h2-10,15,19H,11-14,16-17H2,1H3. The molecule has 3 nitrogen and oxygen atoms in total. The maximum absolute atomic E-state index is 14.7. The largest absolute Gasteiger partial charge is 0.493 e. The lowest BCUT2D eigenvalue weighted by Gasteiger charge is -2.28. The van der Waals surface area contributed by atoms with Crippen LogP contribution >= 0.6 is 11.9 Å². The van der Waals surface area contributed by atoms with Crippen LogP contribution in [0.15, 0.2) is 66.4 Å². The normalized spacial score (nSPS) is 17.7. The Labute approximate surface area is 176 Å². The first-order chi connectivity index (χ1) is 14.2. The molecule has 0 unspecified atom stereocenters. The lowest BCUT2D eigenvalue weighted by atomic mass is 10.0. The molecule has 0 spiro atoms. The fraction of sp³-hybridized carbons (Fsp3) is 0.333. The lowest BCUT2D eigenvalue weighted by molar-refractivity contribution is 0.0497. The zero-order valence-electron chi connectivity index (χ0n) is 16.6. The van der Waals surface area contributed by atoms with Gasteiger partial charge < -0.3 is 13.8 Å². The number of nitrogens with zero attached hydrogens (tertiary/aromatic N) is 1. The number of hydrogen-bond donors (Lipinski definition) is 0. The van der Waals surface area contributed by atoms with Crippen molar-refractivity contribution in [2.24, 2.45) is 5.92 Å². The predicted molar refractivity (Wildman–Crippen MR) is 117 cm³/mol. The molecule has 2 aromatic rings. The van der Waals surface area contributed by atoms with E-state index in [0.717, 1.165) is 36.7 Å². The first-order valence-electron chi connectivity index (χ1n) is 10.1. The third-order valence-corrected chi connectivity index (χ3v) is 6.51. The third-order valence-electron chi connectivity index (χ3n) is 5.30. The maximum Gasteiger partial charge on any atom is 0.131 e. The average Bonchev–Trinajstić information content (AvgIpc) is 2.77. The van der Waals surface area contributed by atoms with Gasteiger partial charge in [0, 0.05) is 35.4 Å². The molecule has 4 rings (SSSR count). The summed E-state index contributed by atoms with van der Waals surface area (Å²) in [6.07, 6.45) is 6.22. The summed E-state index contributed by atoms with van der Waals surface area (Å²) in [6, 6.07) is 15.5. The molecule has 0 radical (unpaired) electrons. The minimum absolute atomic E-state index is 0.223. The first-order valence-corrected chi connectivity index (χ1v) is 10.8. The minimum atomic E-state index is -0.223. The topological polar surface area (TPSA) is 21.7 Å². The van der Waals surface area contributed by atoms with Gasteiger partial charge in [0.25, 0.3) is 0 Å². The Morgan fingerprint density at radius 1 is 1.10 bits per heavy atom. The molecule has 1 fully saturated rings. The van der Waals surface area contributed by atoms with E-state index in [4.69, 9.17) is 9.47 Å². The fourth-order valence-electron chi connectivity index (χ4n) is 3.44. The molecule has 0 amide bonds. The molecule has 2 aliphatic rings. The van der Waals surface area contributed by atoms with Crippen LogP contribution in [0.1, 0.15) is 30.9 Å². The van der Waals surface area contributed by atoms with Crippen LogP contribution in [0, 0.1) is 11.7 Å². The number of allylic oxidation sites excluding steroid dienone is 3. The Kier molecular flexibility index (Phi) is 6.57. The molecule has 0 saturated carbocycles. The summed E-state index contributed by atoms with van der Waals surface area (Å²) in [7, 11) is 0. The van der Waals surface area contributed by atoms with Gasteiger partial charge >= 0.3 is 0 Å². The Hall–Kier alpha value is -2.24. The lowest BCUT2D eigenvalue weighted by Crippen LogP contribution is -2.21. The van der Waals surface area contributed by atoms with Gasteiger partial charge in [0.15, 0.2) is 0 Å². The van der Waals surface area contributed by atoms with E-state index in [0.29, 0.717) is 30.4 Å². The highest BCUT2D eigenvalue weighted by Gasteiger charge is 2.18. The monoisotopic (exact) mass is 411 g/mol. The van der Waals surface area contributed by atoms with Crippen LogP contribution in [0.5, 0.6) is 5.75 Å². The number of rotatable bonds is 6. The predicted octanol–water partition coefficient (Wildman–Crippen LogP) is 6.04. The van der Waals surface area contributed by atoms with Gasteiger partial charge in [0.2, 0.25) is 0 Å². The van der Waals surface area contributed by atoms with Gasteiger partial charge in [-0.15, -0.1) is 0 Å². The molecule has 0 aliphatic carbocycles. The van der Waals surface area contributed by atoms with Gasteiger partial charge in [0.05, 0.1) is 13.2 Å². The van der Waals surface area contributed by atoms with Crippen molar-refractivity contribution in [3.05, 3.63) is 83.3 Å². The molecular weight excluding hydrogens is 385 g/mol. The van der Waals surface area contributed by atoms with Gasteiger partial charge in [-0.3, -0.25) is 0 Å². The van der Waals surface area contributed by atoms with Crippen LogP contribution < -0.4 is 4.74 Å². The highest BCUT2D eigenvalue weighted by molar-refractivity contribution is 8.06. The van der Waals surface area contributed by atoms with Crippen LogP contribution in [-0.2, 0) is 11.3 Å². The highest BCUT2D eigenvalue weighted by Crippen LogP contribution is 2.38. The van der Waals surface area contributed by atoms with Crippen LogP contribution in [0.2, 0.25) is 0 Å². The van der Waals surface area contributed by atoms with Crippen molar-refractivity contribution >= 4 is 16.9 Å². The molecule has 2 heterocycles. The summed E-state index contributed by atoms with van der Waals surface area (Å²) >= 11 is 1.65. The quantitative estimate of drug-likeness (QED) is 0.540. The summed E-state index contributed by atoms with van der Waals surface area (Å²) in [5.41, 5.74) is 2.94. The van der Waals surface area contributed by atoms with E-state index in [1.54, 1.807) is 11.9 Å². The average molecular weight is 412 g/mol. The zero-order chi connectivity index (χ0) is 20.1. The van der Waals surface area contributed by atoms with E-state index in [-0.39, 0.29) is 5.82 Å². The first kappa shape index (κ1) is 20.0. The molecule has 2 aliphatic heterocycles. The highest BCUT2D eigenvalue weighted by atomic mass is 32.2. The Bertz CT molecular complexity index is 891. The van der Waals surface area contributed by atoms with Gasteiger partial charge in [-0.2, -0.15) is 0 Å². The third kappa shape index (κ3) is 5.22. The zero-order valence-corrected chi connectivity index (χ0v) is 17.5. The molecule has 152 valence electrons. The molecule has 2 aromatic carbocycles. The van der Waals surface area contributed by atoms with Crippen LogP contribution in [0.3, 0.4) is 0 Å². The number of halogens is 1. The summed E-state index contributed by atoms with van der Waals surface area (Å²) in [5.74, 6) is 0.868. The van der Waals surface area contributed by atoms with E-state index in [1.165, 1.54) is 11.6 Å². The molecule has 5 heteroatoms. The number of ether oxygens (including phenoxy) is 2. The molecule has 1 saturated heterocycles. The van der Waals surface area contributed by atoms with E-state index in [9.17, 15) is 4.39 Å². The minimum Gasteiger partial charge on any atom is -0.493 e. The Morgan fingerprint density at radius 2 is 1.90 bits per heavy atom. The van der Waals surface area contributed by atoms with Crippen molar-refractivity contribution in [1.82, 2.24) is 4.31 Å². The second-order valence-corrected chi connectivity index (χ2v) is 8.52. The van der Waals surface area contributed by atoms with Crippen molar-refractivity contribution in [2.45, 2.75) is 26.3 Å². The van der Waals surface area contributed by atoms with Crippen molar-refractivity contribution in [2.75, 3.05) is 19.8 Å². The summed E-state index contributed by atoms with van der Waals surface area (Å²) in [4.78, 5) is 1.16. The van der Waals surface area contributed by atoms with Crippen molar-refractivity contribution in [3.63, 3.8) is 0 Å². The second-order valence-electron chi connectivity index (χ2n) is 7.45. The van der Waals surface area contributed by atoms with E-state index in [2.05, 4.69) is 35.5 Å². The molecule has 0 aromatic heterocycles. The number of benzene rings is 2. The summed E-state index contributed by atoms with van der Waals surface area (Å²) < 4.78 is 28.1. The molecule has 0 N–H and O–H groups in total. The van der Waals surface area contributed by atoms with Gasteiger partial charge in [-0.05, 0) is 61.4 Å². The molecule has 0 atom stereocenters. The fourth-order valence-corrected chi connectivity index (χ4v) is 4.45. The second kappa shape index (κ2) is 9.51. The van der Waals surface area contributed by atoms with Gasteiger partial charge in [-0.1, -0.05) is 36.4 Å². The SMILES string of the molecule is CC1=CC=C(c2ccccc2)SN1Cc1ccc(OCC2CCOCC2)cc1F. The maximum atomic E-state index is 14.7. The van der Waals surface area contributed by atoms with E-state index < -0.39 is 0 Å². The summed E-state index contributed by atoms with van der Waals surface area (Å²) in [6.45, 7) is 4.76. The number of hydrogen-bond acceptors (Lipinski definition) is 4. The van der Waals surface area contributed by atoms with Crippen molar-refractivity contribution < 1.29 is 13.9 Å². The molecular formula is C24H26FNO2S. The van der Waals surface area contributed by atoms with Crippen LogP contribution in [0.4, 0.5) is 4.39 Å². The van der Waals surface area contributed by atoms with Crippen LogP contribution in [0.25, 0.3) is 4.91 Å².